The third-order valence-electron chi connectivity index (χ3n) is 2.47. The predicted molar refractivity (Wildman–Crippen MR) is 48.1 cm³/mol. The normalized spacial score (nSPS) is 19.7. The molecule has 1 saturated heterocycles. The summed E-state index contributed by atoms with van der Waals surface area (Å²) >= 11 is 0. The van der Waals surface area contributed by atoms with Crippen molar-refractivity contribution in [1.29, 1.82) is 0 Å². The van der Waals surface area contributed by atoms with Gasteiger partial charge in [0.1, 0.15) is 6.10 Å². The Labute approximate surface area is 93.4 Å². The Morgan fingerprint density at radius 1 is 0.882 bits per heavy atom. The number of hydrogen-bond acceptors (Lipinski definition) is 2. The summed E-state index contributed by atoms with van der Waals surface area (Å²) < 4.78 is 69.5. The van der Waals surface area contributed by atoms with Gasteiger partial charge in [0.25, 0.3) is 0 Å². The van der Waals surface area contributed by atoms with E-state index in [1.807, 2.05) is 0 Å². The number of ether oxygens (including phenoxy) is 1. The van der Waals surface area contributed by atoms with Gasteiger partial charge in [0.15, 0.2) is 5.75 Å². The lowest BCUT2D eigenvalue weighted by Gasteiger charge is -2.14. The van der Waals surface area contributed by atoms with Crippen molar-refractivity contribution in [3.8, 4) is 5.75 Å². The number of hydrogen-bond donors (Lipinski definition) is 1. The van der Waals surface area contributed by atoms with E-state index in [4.69, 9.17) is 4.74 Å². The molecule has 1 aliphatic rings. The summed E-state index contributed by atoms with van der Waals surface area (Å²) in [6.45, 7) is 0.875. The summed E-state index contributed by atoms with van der Waals surface area (Å²) in [5.41, 5.74) is 0. The van der Waals surface area contributed by atoms with Crippen molar-refractivity contribution >= 4 is 0 Å². The van der Waals surface area contributed by atoms with Gasteiger partial charge in [0, 0.05) is 6.54 Å². The molecule has 1 aliphatic heterocycles. The van der Waals surface area contributed by atoms with Crippen LogP contribution in [0.5, 0.6) is 5.75 Å². The SMILES string of the molecule is Fc1c(F)c(F)c(OC2CCNC2)c(F)c1F. The van der Waals surface area contributed by atoms with Crippen LogP contribution in [0.2, 0.25) is 0 Å². The smallest absolute Gasteiger partial charge is 0.207 e. The molecule has 1 aromatic carbocycles. The average molecular weight is 253 g/mol. The van der Waals surface area contributed by atoms with E-state index in [2.05, 4.69) is 5.32 Å². The van der Waals surface area contributed by atoms with Crippen LogP contribution in [0.3, 0.4) is 0 Å². The van der Waals surface area contributed by atoms with E-state index in [-0.39, 0.29) is 0 Å². The molecule has 0 aromatic heterocycles. The van der Waals surface area contributed by atoms with Crippen LogP contribution in [0.15, 0.2) is 0 Å². The maximum absolute atomic E-state index is 13.2. The Morgan fingerprint density at radius 2 is 1.41 bits per heavy atom. The third-order valence-corrected chi connectivity index (χ3v) is 2.47. The molecule has 2 nitrogen and oxygen atoms in total. The first-order valence-electron chi connectivity index (χ1n) is 4.91. The molecule has 1 aromatic rings. The zero-order valence-corrected chi connectivity index (χ0v) is 8.50. The Bertz CT molecular complexity index is 416. The van der Waals surface area contributed by atoms with Gasteiger partial charge in [-0.1, -0.05) is 0 Å². The number of nitrogens with one attached hydrogen (secondary N) is 1. The largest absolute Gasteiger partial charge is 0.483 e. The molecular weight excluding hydrogens is 245 g/mol. The second kappa shape index (κ2) is 4.48. The topological polar surface area (TPSA) is 21.3 Å². The van der Waals surface area contributed by atoms with Crippen LogP contribution in [0.1, 0.15) is 6.42 Å². The fourth-order valence-electron chi connectivity index (χ4n) is 1.58. The molecule has 1 unspecified atom stereocenters. The van der Waals surface area contributed by atoms with E-state index in [1.165, 1.54) is 0 Å². The summed E-state index contributed by atoms with van der Waals surface area (Å²) in [6.07, 6.45) is -0.150. The highest BCUT2D eigenvalue weighted by atomic mass is 19.2. The molecule has 17 heavy (non-hydrogen) atoms. The monoisotopic (exact) mass is 253 g/mol. The van der Waals surface area contributed by atoms with Crippen LogP contribution in [0.4, 0.5) is 22.0 Å². The van der Waals surface area contributed by atoms with Gasteiger partial charge in [-0.25, -0.2) is 13.2 Å². The van der Waals surface area contributed by atoms with E-state index >= 15 is 0 Å². The van der Waals surface area contributed by atoms with Crippen LogP contribution in [0, 0.1) is 29.1 Å². The highest BCUT2D eigenvalue weighted by Crippen LogP contribution is 2.30. The Morgan fingerprint density at radius 3 is 1.88 bits per heavy atom. The van der Waals surface area contributed by atoms with Gasteiger partial charge in [-0.3, -0.25) is 0 Å². The summed E-state index contributed by atoms with van der Waals surface area (Å²) in [6, 6.07) is 0. The zero-order chi connectivity index (χ0) is 12.6. The van der Waals surface area contributed by atoms with Crippen molar-refractivity contribution in [1.82, 2.24) is 5.32 Å². The molecule has 0 bridgehead atoms. The second-order valence-electron chi connectivity index (χ2n) is 3.63. The van der Waals surface area contributed by atoms with E-state index in [0.717, 1.165) is 0 Å². The van der Waals surface area contributed by atoms with E-state index in [0.29, 0.717) is 19.5 Å². The molecule has 1 atom stereocenters. The minimum absolute atomic E-state index is 0.305. The fraction of sp³-hybridized carbons (Fsp3) is 0.400. The van der Waals surface area contributed by atoms with Crippen LogP contribution in [-0.4, -0.2) is 19.2 Å². The van der Waals surface area contributed by atoms with Crippen molar-refractivity contribution in [2.45, 2.75) is 12.5 Å². The summed E-state index contributed by atoms with van der Waals surface area (Å²) in [7, 11) is 0. The zero-order valence-electron chi connectivity index (χ0n) is 8.50. The third kappa shape index (κ3) is 2.06. The molecule has 0 saturated carbocycles. The van der Waals surface area contributed by atoms with Crippen molar-refractivity contribution in [3.05, 3.63) is 29.1 Å². The molecule has 94 valence electrons. The molecule has 0 spiro atoms. The quantitative estimate of drug-likeness (QED) is 0.495. The number of halogens is 5. The molecule has 7 heteroatoms. The molecule has 1 N–H and O–H groups in total. The van der Waals surface area contributed by atoms with Gasteiger partial charge in [-0.05, 0) is 13.0 Å². The Kier molecular flexibility index (Phi) is 3.19. The average Bonchev–Trinajstić information content (AvgIpc) is 2.82. The molecule has 1 fully saturated rings. The Balaban J connectivity index is 2.38. The first-order chi connectivity index (χ1) is 8.02. The minimum Gasteiger partial charge on any atom is -0.483 e. The van der Waals surface area contributed by atoms with Crippen LogP contribution < -0.4 is 10.1 Å². The summed E-state index contributed by atoms with van der Waals surface area (Å²) in [5, 5.41) is 2.84. The molecule has 0 radical (unpaired) electrons. The lowest BCUT2D eigenvalue weighted by molar-refractivity contribution is 0.193. The minimum atomic E-state index is -2.18. The van der Waals surface area contributed by atoms with Gasteiger partial charge >= 0.3 is 0 Å². The molecule has 1 heterocycles. The van der Waals surface area contributed by atoms with E-state index in [9.17, 15) is 22.0 Å². The second-order valence-corrected chi connectivity index (χ2v) is 3.63. The lowest BCUT2D eigenvalue weighted by atomic mass is 10.2. The molecule has 2 rings (SSSR count). The van der Waals surface area contributed by atoms with Crippen molar-refractivity contribution in [2.75, 3.05) is 13.1 Å². The van der Waals surface area contributed by atoms with Crippen molar-refractivity contribution in [2.24, 2.45) is 0 Å². The highest BCUT2D eigenvalue weighted by molar-refractivity contribution is 5.30. The van der Waals surface area contributed by atoms with E-state index < -0.39 is 40.9 Å². The summed E-state index contributed by atoms with van der Waals surface area (Å²) in [5.74, 6) is -11.3. The van der Waals surface area contributed by atoms with Crippen molar-refractivity contribution < 1.29 is 26.7 Å². The number of benzene rings is 1. The maximum Gasteiger partial charge on any atom is 0.207 e. The van der Waals surface area contributed by atoms with Crippen LogP contribution in [-0.2, 0) is 0 Å². The van der Waals surface area contributed by atoms with Gasteiger partial charge in [-0.15, -0.1) is 0 Å². The maximum atomic E-state index is 13.2. The van der Waals surface area contributed by atoms with Crippen LogP contribution >= 0.6 is 0 Å². The number of rotatable bonds is 2. The van der Waals surface area contributed by atoms with Crippen molar-refractivity contribution in [3.63, 3.8) is 0 Å². The van der Waals surface area contributed by atoms with Gasteiger partial charge < -0.3 is 10.1 Å². The van der Waals surface area contributed by atoms with Gasteiger partial charge in [0.05, 0.1) is 0 Å². The standard InChI is InChI=1S/C10H8F5NO/c11-5-6(12)8(14)10(9(15)7(5)13)17-4-1-2-16-3-4/h4,16H,1-3H2. The first kappa shape index (κ1) is 12.1. The van der Waals surface area contributed by atoms with Gasteiger partial charge in [0.2, 0.25) is 29.1 Å². The fourth-order valence-corrected chi connectivity index (χ4v) is 1.58. The molecular formula is C10H8F5NO. The first-order valence-corrected chi connectivity index (χ1v) is 4.91. The molecule has 0 aliphatic carbocycles. The predicted octanol–water partition coefficient (Wildman–Crippen LogP) is 2.12. The van der Waals surface area contributed by atoms with Crippen LogP contribution in [0.25, 0.3) is 0 Å². The van der Waals surface area contributed by atoms with E-state index in [1.54, 1.807) is 0 Å². The summed E-state index contributed by atoms with van der Waals surface area (Å²) in [4.78, 5) is 0. The highest BCUT2D eigenvalue weighted by Gasteiger charge is 2.29. The Hall–Kier alpha value is -1.37. The van der Waals surface area contributed by atoms with Gasteiger partial charge in [-0.2, -0.15) is 8.78 Å². The lowest BCUT2D eigenvalue weighted by Crippen LogP contribution is -2.21. The molecule has 0 amide bonds.